The summed E-state index contributed by atoms with van der Waals surface area (Å²) in [5.41, 5.74) is 13.8. The smallest absolute Gasteiger partial charge is 0.407 e. The number of benzene rings is 5. The number of ether oxygens (including phenoxy) is 7. The van der Waals surface area contributed by atoms with E-state index in [2.05, 4.69) is 51.0 Å². The molecule has 0 fully saturated rings. The molecule has 5 aromatic carbocycles. The number of halogens is 3. The van der Waals surface area contributed by atoms with E-state index >= 15 is 0 Å². The molecule has 5 heterocycles. The van der Waals surface area contributed by atoms with Crippen LogP contribution in [0.25, 0.3) is 72.5 Å². The Hall–Kier alpha value is -10.3. The second kappa shape index (κ2) is 55.5. The van der Waals surface area contributed by atoms with Crippen LogP contribution in [0.5, 0.6) is 0 Å². The molecule has 10 rings (SSSR count). The van der Waals surface area contributed by atoms with Crippen molar-refractivity contribution in [1.29, 1.82) is 5.26 Å². The van der Waals surface area contributed by atoms with E-state index in [1.54, 1.807) is 77.9 Å². The lowest BCUT2D eigenvalue weighted by Gasteiger charge is -2.19. The van der Waals surface area contributed by atoms with E-state index in [0.29, 0.717) is 131 Å². The molecule has 0 unspecified atom stereocenters. The summed E-state index contributed by atoms with van der Waals surface area (Å²) in [6, 6.07) is 29.6. The number of nitrogens with zero attached hydrogens (tertiary/aromatic N) is 11. The van der Waals surface area contributed by atoms with Gasteiger partial charge >= 0.3 is 18.0 Å². The van der Waals surface area contributed by atoms with Gasteiger partial charge in [0.05, 0.1) is 72.6 Å². The first-order valence-corrected chi connectivity index (χ1v) is 40.9. The van der Waals surface area contributed by atoms with Crippen molar-refractivity contribution in [3.05, 3.63) is 149 Å². The van der Waals surface area contributed by atoms with Crippen LogP contribution in [-0.4, -0.2) is 234 Å². The van der Waals surface area contributed by atoms with Gasteiger partial charge in [-0.2, -0.15) is 5.26 Å². The SMILES string of the molecule is Brc1ccc2ncoc2c1.CN(CCO)c1ccc2nc(C=O)oc2c1.CN(CCO)c1ccc2ncoc2c1.CN(CCOC(=O)NCCOCCOCCCCCCCl)c1ccc2nc(/C=C(\C#N)C(=O)OC(C)(C)C)oc2c1.NCCOCCOCCCCCCCl.[C-]#[N+]/C(=C\c1nc2ccc(N(C)CCO)cc2o1)C(=O)OC(C)(C)C. The number of amides is 1. The molecule has 1 amide bonds. The number of esters is 2. The number of fused-ring (bicyclic) bond motifs is 5. The number of nitrogens with two attached hydrogens (primary N) is 1. The molecule has 5 aromatic heterocycles. The summed E-state index contributed by atoms with van der Waals surface area (Å²) < 4.78 is 65.0. The Balaban J connectivity index is 0.000000275. The van der Waals surface area contributed by atoms with Gasteiger partial charge in [0, 0.05) is 150 Å². The quantitative estimate of drug-likeness (QED) is 0.00347. The summed E-state index contributed by atoms with van der Waals surface area (Å²) >= 11 is 14.5. The van der Waals surface area contributed by atoms with Crippen molar-refractivity contribution in [2.24, 2.45) is 5.73 Å². The highest BCUT2D eigenvalue weighted by molar-refractivity contribution is 9.10. The van der Waals surface area contributed by atoms with Gasteiger partial charge in [0.1, 0.15) is 57.0 Å². The number of oxazole rings is 5. The number of carbonyl (C=O) groups is 4. The Bertz CT molecular complexity index is 4820. The third-order valence-corrected chi connectivity index (χ3v) is 17.5. The average Bonchev–Trinajstić information content (AvgIpc) is 1.68. The Morgan fingerprint density at radius 1 is 0.533 bits per heavy atom. The predicted molar refractivity (Wildman–Crippen MR) is 467 cm³/mol. The molecular formula is C85H112BrCl2N13O19. The van der Waals surface area contributed by atoms with Crippen LogP contribution in [0.15, 0.2) is 142 Å². The number of likely N-dealkylation sites (N-methyl/N-ethyl adjacent to an activating group) is 4. The van der Waals surface area contributed by atoms with Crippen LogP contribution in [-0.2, 0) is 42.7 Å². The third kappa shape index (κ3) is 38.4. The molecule has 32 nitrogen and oxygen atoms in total. The lowest BCUT2D eigenvalue weighted by Crippen LogP contribution is -2.31. The Labute approximate surface area is 717 Å². The Morgan fingerprint density at radius 2 is 0.933 bits per heavy atom. The van der Waals surface area contributed by atoms with Gasteiger partial charge in [-0.1, -0.05) is 41.6 Å². The molecule has 0 bridgehead atoms. The second-order valence-corrected chi connectivity index (χ2v) is 30.0. The van der Waals surface area contributed by atoms with Gasteiger partial charge in [-0.15, -0.1) is 23.2 Å². The summed E-state index contributed by atoms with van der Waals surface area (Å²) in [5, 5.41) is 38.6. The van der Waals surface area contributed by atoms with Crippen LogP contribution in [0.4, 0.5) is 27.5 Å². The van der Waals surface area contributed by atoms with Crippen LogP contribution in [0.1, 0.15) is 115 Å². The largest absolute Gasteiger partial charge is 0.465 e. The molecule has 0 aliphatic carbocycles. The molecule has 0 spiro atoms. The normalized spacial score (nSPS) is 11.3. The maximum atomic E-state index is 12.2. The van der Waals surface area contributed by atoms with Crippen molar-refractivity contribution >= 4 is 154 Å². The predicted octanol–water partition coefficient (Wildman–Crippen LogP) is 14.6. The van der Waals surface area contributed by atoms with Crippen molar-refractivity contribution in [2.45, 2.75) is 104 Å². The van der Waals surface area contributed by atoms with E-state index in [4.69, 9.17) is 106 Å². The number of nitriles is 1. The number of aromatic nitrogens is 5. The topological polar surface area (TPSA) is 403 Å². The summed E-state index contributed by atoms with van der Waals surface area (Å²) in [6.45, 7) is 25.9. The second-order valence-electron chi connectivity index (χ2n) is 28.4. The number of nitrogens with one attached hydrogen (secondary N) is 1. The van der Waals surface area contributed by atoms with Gasteiger partial charge < -0.3 is 101 Å². The number of hydrogen-bond donors (Lipinski definition) is 5. The molecule has 35 heteroatoms. The van der Waals surface area contributed by atoms with Crippen LogP contribution >= 0.6 is 39.1 Å². The Kier molecular flexibility index (Phi) is 46.4. The van der Waals surface area contributed by atoms with Crippen LogP contribution < -0.4 is 30.7 Å². The standard InChI is InChI=1S/C29H41ClN4O7.C18H21N3O4.C11H12N2O3.C10H22ClNO2.C10H12N2O2.C7H4BrNO/c1-29(2,3)41-27(35)22(21-31)19-26-33-24-10-9-23(20-25(24)40-26)34(4)13-16-39-28(36)32-12-15-38-18-17-37-14-8-6-5-7-11-30;1-18(2,3)25-17(23)14(19-4)11-16-20-13-7-6-12(10-15(13)24-16)21(5)8-9-22;1-13(4-5-14)8-2-3-9-10(6-8)16-11(7-15)12-9;11-5-3-1-2-4-7-13-9-10-14-8-6-12;1-12(4-5-13)8-2-3-9-10(6-8)14-7-11-9;8-5-1-2-6-7(3-5)10-4-9-6/h9-10,19-20H,5-8,11-18H2,1-4H3,(H,32,36);6-7,10-11,22H,8-9H2,1-3,5H3;2-3,6-7,14H,4-5H2,1H3;1-10,12H2;2-3,6-7,13H,4-5H2,1H3;1-4H/b22-19+;14-11-;;;;. The number of rotatable bonds is 41. The number of alkyl carbamates (subject to hydrolysis) is 1. The molecule has 0 saturated heterocycles. The average molecular weight is 1770 g/mol. The molecule has 0 radical (unpaired) electrons. The van der Waals surface area contributed by atoms with Crippen molar-refractivity contribution in [3.8, 4) is 6.07 Å². The fraction of sp³-hybridized carbons (Fsp3) is 0.471. The maximum absolute atomic E-state index is 12.2. The minimum atomic E-state index is -0.746. The first-order chi connectivity index (χ1) is 57.7. The molecule has 0 atom stereocenters. The van der Waals surface area contributed by atoms with E-state index in [0.717, 1.165) is 100 Å². The van der Waals surface area contributed by atoms with Crippen molar-refractivity contribution in [1.82, 2.24) is 30.2 Å². The van der Waals surface area contributed by atoms with Crippen LogP contribution in [0.3, 0.4) is 0 Å². The zero-order valence-electron chi connectivity index (χ0n) is 69.9. The lowest BCUT2D eigenvalue weighted by molar-refractivity contribution is -0.150. The number of anilines is 4. The van der Waals surface area contributed by atoms with E-state index in [1.807, 2.05) is 108 Å². The molecule has 0 aliphatic rings. The minimum absolute atomic E-state index is 0.0448. The molecule has 6 N–H and O–H groups in total. The molecular weight excluding hydrogens is 1660 g/mol. The summed E-state index contributed by atoms with van der Waals surface area (Å²) in [6.07, 6.45) is 14.4. The molecule has 10 aromatic rings. The fourth-order valence-electron chi connectivity index (χ4n) is 10.3. The summed E-state index contributed by atoms with van der Waals surface area (Å²) in [5.74, 6) is 0.381. The van der Waals surface area contributed by atoms with Gasteiger partial charge in [0.25, 0.3) is 11.6 Å². The van der Waals surface area contributed by atoms with E-state index in [1.165, 1.54) is 37.8 Å². The highest BCUT2D eigenvalue weighted by Gasteiger charge is 2.23. The number of aliphatic hydroxyl groups excluding tert-OH is 3. The Morgan fingerprint density at radius 3 is 1.38 bits per heavy atom. The minimum Gasteiger partial charge on any atom is -0.465 e. The zero-order chi connectivity index (χ0) is 87.7. The molecule has 0 saturated carbocycles. The highest BCUT2D eigenvalue weighted by Crippen LogP contribution is 2.28. The van der Waals surface area contributed by atoms with Crippen LogP contribution in [0, 0.1) is 17.9 Å². The van der Waals surface area contributed by atoms with Gasteiger partial charge in [-0.3, -0.25) is 9.59 Å². The first kappa shape index (κ1) is 100. The zero-order valence-corrected chi connectivity index (χ0v) is 72.9. The number of aldehydes is 1. The van der Waals surface area contributed by atoms with Gasteiger partial charge in [0.15, 0.2) is 40.7 Å². The highest BCUT2D eigenvalue weighted by atomic mass is 79.9. The van der Waals surface area contributed by atoms with Crippen LogP contribution in [0.2, 0.25) is 0 Å². The summed E-state index contributed by atoms with van der Waals surface area (Å²) in [4.78, 5) is 78.1. The van der Waals surface area contributed by atoms with Crippen molar-refractivity contribution in [2.75, 3.05) is 178 Å². The molecule has 120 heavy (non-hydrogen) atoms. The number of alkyl halides is 2. The summed E-state index contributed by atoms with van der Waals surface area (Å²) in [7, 11) is 7.50. The molecule has 652 valence electrons. The number of aliphatic hydroxyl groups is 3. The van der Waals surface area contributed by atoms with Gasteiger partial charge in [-0.05, 0) is 134 Å². The number of carbonyl (C=O) groups excluding carboxylic acids is 4. The van der Waals surface area contributed by atoms with Gasteiger partial charge in [0.2, 0.25) is 18.1 Å². The fourth-order valence-corrected chi connectivity index (χ4v) is 11.0. The molecule has 0 aliphatic heterocycles. The third-order valence-electron chi connectivity index (χ3n) is 16.5. The monoisotopic (exact) mass is 1770 g/mol. The van der Waals surface area contributed by atoms with Crippen molar-refractivity contribution in [3.63, 3.8) is 0 Å². The van der Waals surface area contributed by atoms with E-state index in [-0.39, 0.29) is 55.4 Å². The maximum Gasteiger partial charge on any atom is 0.407 e. The lowest BCUT2D eigenvalue weighted by atomic mass is 10.2. The number of unbranched alkanes of at least 4 members (excludes halogenated alkanes) is 6. The number of hydrogen-bond acceptors (Lipinski definition) is 30. The van der Waals surface area contributed by atoms with E-state index < -0.39 is 29.2 Å². The first-order valence-electron chi connectivity index (χ1n) is 39.1. The van der Waals surface area contributed by atoms with E-state index in [9.17, 15) is 24.4 Å². The van der Waals surface area contributed by atoms with Crippen molar-refractivity contribution < 1.29 is 89.7 Å². The van der Waals surface area contributed by atoms with Gasteiger partial charge in [-0.25, -0.2) is 39.4 Å².